The molecule has 162 valence electrons. The van der Waals surface area contributed by atoms with E-state index in [0.717, 1.165) is 5.75 Å². The lowest BCUT2D eigenvalue weighted by molar-refractivity contribution is -0.370. The molecule has 0 fully saturated rings. The van der Waals surface area contributed by atoms with E-state index >= 15 is 0 Å². The molecule has 1 aromatic rings. The van der Waals surface area contributed by atoms with Crippen LogP contribution in [0.3, 0.4) is 0 Å². The summed E-state index contributed by atoms with van der Waals surface area (Å²) in [5.74, 6) is -1.96. The van der Waals surface area contributed by atoms with Crippen LogP contribution < -0.4 is 0 Å². The second-order valence-corrected chi connectivity index (χ2v) is 6.58. The average Bonchev–Trinajstić information content (AvgIpc) is 2.72. The van der Waals surface area contributed by atoms with Gasteiger partial charge in [0.1, 0.15) is 13.2 Å². The summed E-state index contributed by atoms with van der Waals surface area (Å²) in [7, 11) is 0. The van der Waals surface area contributed by atoms with Gasteiger partial charge in [-0.2, -0.15) is 0 Å². The van der Waals surface area contributed by atoms with Gasteiger partial charge in [0.05, 0.1) is 13.2 Å². The van der Waals surface area contributed by atoms with Gasteiger partial charge in [0.25, 0.3) is 0 Å². The molecule has 0 aliphatic carbocycles. The van der Waals surface area contributed by atoms with E-state index in [-0.39, 0.29) is 24.8 Å². The molecule has 7 nitrogen and oxygen atoms in total. The lowest BCUT2D eigenvalue weighted by Crippen LogP contribution is -2.44. The number of carbonyl (C=O) groups is 2. The van der Waals surface area contributed by atoms with Gasteiger partial charge in [0.2, 0.25) is 0 Å². The van der Waals surface area contributed by atoms with Gasteiger partial charge in [0, 0.05) is 22.3 Å². The summed E-state index contributed by atoms with van der Waals surface area (Å²) in [6.45, 7) is 12.0. The van der Waals surface area contributed by atoms with Crippen LogP contribution >= 0.6 is 11.8 Å². The van der Waals surface area contributed by atoms with Crippen LogP contribution in [0.1, 0.15) is 20.8 Å². The summed E-state index contributed by atoms with van der Waals surface area (Å²) in [5.41, 5.74) is 0.215. The highest BCUT2D eigenvalue weighted by Crippen LogP contribution is 2.17. The van der Waals surface area contributed by atoms with Gasteiger partial charge in [-0.3, -0.25) is 0 Å². The Kier molecular flexibility index (Phi) is 14.6. The summed E-state index contributed by atoms with van der Waals surface area (Å²) in [6.07, 6.45) is 1.17. The fourth-order valence-electron chi connectivity index (χ4n) is 1.77. The molecule has 29 heavy (non-hydrogen) atoms. The van der Waals surface area contributed by atoms with Crippen molar-refractivity contribution in [2.24, 2.45) is 0 Å². The molecule has 0 aliphatic heterocycles. The van der Waals surface area contributed by atoms with Crippen LogP contribution in [0.5, 0.6) is 0 Å². The Labute approximate surface area is 176 Å². The maximum Gasteiger partial charge on any atom is 0.353 e. The topological polar surface area (TPSA) is 91.3 Å². The summed E-state index contributed by atoms with van der Waals surface area (Å²) < 4.78 is 19.9. The Bertz CT molecular complexity index is 625. The van der Waals surface area contributed by atoms with Crippen LogP contribution in [0.4, 0.5) is 0 Å². The number of carbonyl (C=O) groups excluding carboxylic acids is 2. The molecule has 0 aromatic heterocycles. The van der Waals surface area contributed by atoms with E-state index in [4.69, 9.17) is 24.1 Å². The predicted molar refractivity (Wildman–Crippen MR) is 112 cm³/mol. The molecule has 0 saturated heterocycles. The van der Waals surface area contributed by atoms with E-state index in [0.29, 0.717) is 6.61 Å². The Morgan fingerprint density at radius 3 is 2.21 bits per heavy atom. The first-order chi connectivity index (χ1) is 13.8. The standard InChI is InChI=1S/C11H12O2S.C10H18O5/c1-2-11(12)13-8-9-14-10-6-4-3-5-7-10;1-5-13-10(7-11,14-6-2)15-9(12)8(3)4/h2-7H,1,8-9H2;11H,3,5-7H2,1-2,4H3. The first-order valence-electron chi connectivity index (χ1n) is 9.08. The molecule has 0 spiro atoms. The van der Waals surface area contributed by atoms with Gasteiger partial charge in [-0.1, -0.05) is 31.4 Å². The van der Waals surface area contributed by atoms with Crippen molar-refractivity contribution in [1.82, 2.24) is 0 Å². The molecule has 0 unspecified atom stereocenters. The SMILES string of the molecule is C=C(C)C(=O)OC(CO)(OCC)OCC.C=CC(=O)OCCSc1ccccc1. The summed E-state index contributed by atoms with van der Waals surface area (Å²) in [5, 5.41) is 9.11. The number of esters is 2. The number of aliphatic hydroxyl groups excluding tert-OH is 1. The van der Waals surface area contributed by atoms with Crippen molar-refractivity contribution >= 4 is 23.7 Å². The largest absolute Gasteiger partial charge is 0.462 e. The maximum atomic E-state index is 11.3. The van der Waals surface area contributed by atoms with Crippen LogP contribution in [-0.2, 0) is 28.5 Å². The summed E-state index contributed by atoms with van der Waals surface area (Å²) in [6, 6.07) is 10.00. The number of benzene rings is 1. The van der Waals surface area contributed by atoms with Gasteiger partial charge in [-0.05, 0) is 32.9 Å². The van der Waals surface area contributed by atoms with Crippen molar-refractivity contribution in [2.75, 3.05) is 32.2 Å². The predicted octanol–water partition coefficient (Wildman–Crippen LogP) is 3.33. The highest BCUT2D eigenvalue weighted by molar-refractivity contribution is 7.99. The van der Waals surface area contributed by atoms with Gasteiger partial charge in [-0.15, -0.1) is 11.8 Å². The normalized spacial score (nSPS) is 10.3. The summed E-state index contributed by atoms with van der Waals surface area (Å²) >= 11 is 1.66. The van der Waals surface area contributed by atoms with Crippen LogP contribution in [-0.4, -0.2) is 55.2 Å². The van der Waals surface area contributed by atoms with Gasteiger partial charge < -0.3 is 24.1 Å². The molecule has 0 amide bonds. The van der Waals surface area contributed by atoms with E-state index in [2.05, 4.69) is 13.2 Å². The third-order valence-electron chi connectivity index (χ3n) is 3.03. The molecule has 0 atom stereocenters. The molecule has 0 aliphatic rings. The van der Waals surface area contributed by atoms with Crippen LogP contribution in [0, 0.1) is 0 Å². The monoisotopic (exact) mass is 426 g/mol. The highest BCUT2D eigenvalue weighted by Gasteiger charge is 2.36. The number of hydrogen-bond donors (Lipinski definition) is 1. The van der Waals surface area contributed by atoms with E-state index in [9.17, 15) is 9.59 Å². The number of ether oxygens (including phenoxy) is 4. The van der Waals surface area contributed by atoms with E-state index in [1.807, 2.05) is 30.3 Å². The van der Waals surface area contributed by atoms with Crippen molar-refractivity contribution < 1.29 is 33.6 Å². The minimum absolute atomic E-state index is 0.215. The fourth-order valence-corrected chi connectivity index (χ4v) is 2.52. The molecule has 1 aromatic carbocycles. The Morgan fingerprint density at radius 1 is 1.17 bits per heavy atom. The second-order valence-electron chi connectivity index (χ2n) is 5.41. The Balaban J connectivity index is 0.000000541. The minimum Gasteiger partial charge on any atom is -0.462 e. The van der Waals surface area contributed by atoms with Gasteiger partial charge >= 0.3 is 17.9 Å². The number of hydrogen-bond acceptors (Lipinski definition) is 8. The van der Waals surface area contributed by atoms with Crippen molar-refractivity contribution in [1.29, 1.82) is 0 Å². The summed E-state index contributed by atoms with van der Waals surface area (Å²) in [4.78, 5) is 23.1. The second kappa shape index (κ2) is 15.8. The van der Waals surface area contributed by atoms with Crippen molar-refractivity contribution in [2.45, 2.75) is 31.6 Å². The minimum atomic E-state index is -1.71. The lowest BCUT2D eigenvalue weighted by atomic mass is 10.3. The quantitative estimate of drug-likeness (QED) is 0.179. The zero-order valence-corrected chi connectivity index (χ0v) is 18.0. The van der Waals surface area contributed by atoms with Gasteiger partial charge in [0.15, 0.2) is 0 Å². The molecule has 0 saturated carbocycles. The highest BCUT2D eigenvalue weighted by atomic mass is 32.2. The number of aliphatic hydroxyl groups is 1. The molecule has 0 radical (unpaired) electrons. The zero-order valence-electron chi connectivity index (χ0n) is 17.2. The lowest BCUT2D eigenvalue weighted by Gasteiger charge is -2.29. The molecule has 1 N–H and O–H groups in total. The van der Waals surface area contributed by atoms with Crippen LogP contribution in [0.15, 0.2) is 60.0 Å². The maximum absolute atomic E-state index is 11.3. The van der Waals surface area contributed by atoms with Crippen molar-refractivity contribution in [3.63, 3.8) is 0 Å². The Hall–Kier alpha value is -2.13. The molecule has 0 heterocycles. The molecule has 1 rings (SSSR count). The Morgan fingerprint density at radius 2 is 1.76 bits per heavy atom. The van der Waals surface area contributed by atoms with Gasteiger partial charge in [-0.25, -0.2) is 9.59 Å². The van der Waals surface area contributed by atoms with E-state index in [1.54, 1.807) is 25.6 Å². The van der Waals surface area contributed by atoms with Crippen LogP contribution in [0.2, 0.25) is 0 Å². The first kappa shape index (κ1) is 26.9. The zero-order chi connectivity index (χ0) is 22.1. The van der Waals surface area contributed by atoms with Crippen molar-refractivity contribution in [3.05, 3.63) is 55.1 Å². The first-order valence-corrected chi connectivity index (χ1v) is 10.1. The molecular formula is C21H30O7S. The molecule has 8 heteroatoms. The van der Waals surface area contributed by atoms with Crippen molar-refractivity contribution in [3.8, 4) is 0 Å². The average molecular weight is 427 g/mol. The molecular weight excluding hydrogens is 396 g/mol. The van der Waals surface area contributed by atoms with E-state index < -0.39 is 18.5 Å². The third-order valence-corrected chi connectivity index (χ3v) is 4.00. The number of rotatable bonds is 12. The smallest absolute Gasteiger partial charge is 0.353 e. The fraction of sp³-hybridized carbons (Fsp3) is 0.429. The number of thioether (sulfide) groups is 1. The van der Waals surface area contributed by atoms with Crippen LogP contribution in [0.25, 0.3) is 0 Å². The third kappa shape index (κ3) is 12.1. The van der Waals surface area contributed by atoms with E-state index in [1.165, 1.54) is 17.9 Å². The molecule has 0 bridgehead atoms.